The molecule has 2 aromatic carbocycles. The number of nitrogens with zero attached hydrogens (tertiary/aromatic N) is 2. The Morgan fingerprint density at radius 2 is 1.86 bits per heavy atom. The first-order valence-electron chi connectivity index (χ1n) is 9.52. The number of halogens is 1. The summed E-state index contributed by atoms with van der Waals surface area (Å²) in [4.78, 5) is 8.50. The second-order valence-electron chi connectivity index (χ2n) is 7.26. The SMILES string of the molecule is COc1ccc(CC2C3C=CCN2CN(C(O)Cc2ccc(Cl)cc2)O3)cc1. The molecule has 148 valence electrons. The van der Waals surface area contributed by atoms with Crippen molar-refractivity contribution in [1.82, 2.24) is 9.96 Å². The minimum Gasteiger partial charge on any atom is -0.497 e. The van der Waals surface area contributed by atoms with Crippen LogP contribution in [0.2, 0.25) is 5.02 Å². The van der Waals surface area contributed by atoms with Gasteiger partial charge in [0.15, 0.2) is 0 Å². The molecule has 0 aromatic heterocycles. The second kappa shape index (κ2) is 8.64. The number of fused-ring (bicyclic) bond motifs is 2. The molecular formula is C22H25ClN2O3. The van der Waals surface area contributed by atoms with Crippen LogP contribution in [0.25, 0.3) is 0 Å². The Hall–Kier alpha value is -1.89. The van der Waals surface area contributed by atoms with Crippen LogP contribution < -0.4 is 4.74 Å². The van der Waals surface area contributed by atoms with Crippen LogP contribution in [0.4, 0.5) is 0 Å². The van der Waals surface area contributed by atoms with E-state index in [-0.39, 0.29) is 12.1 Å². The van der Waals surface area contributed by atoms with Gasteiger partial charge in [0, 0.05) is 24.0 Å². The summed E-state index contributed by atoms with van der Waals surface area (Å²) in [6, 6.07) is 16.0. The molecule has 1 saturated heterocycles. The molecule has 0 spiro atoms. The molecule has 1 fully saturated rings. The van der Waals surface area contributed by atoms with Gasteiger partial charge in [-0.2, -0.15) is 0 Å². The average molecular weight is 401 g/mol. The first-order chi connectivity index (χ1) is 13.6. The summed E-state index contributed by atoms with van der Waals surface area (Å²) >= 11 is 5.94. The molecule has 6 heteroatoms. The van der Waals surface area contributed by atoms with Crippen molar-refractivity contribution in [3.63, 3.8) is 0 Å². The van der Waals surface area contributed by atoms with E-state index in [9.17, 15) is 5.11 Å². The predicted octanol–water partition coefficient (Wildman–Crippen LogP) is 3.27. The summed E-state index contributed by atoms with van der Waals surface area (Å²) < 4.78 is 5.24. The minimum atomic E-state index is -0.709. The van der Waals surface area contributed by atoms with Crippen LogP contribution >= 0.6 is 11.6 Å². The molecule has 2 aliphatic heterocycles. The van der Waals surface area contributed by atoms with Crippen LogP contribution in [-0.2, 0) is 17.7 Å². The summed E-state index contributed by atoms with van der Waals surface area (Å²) in [5.74, 6) is 0.862. The van der Waals surface area contributed by atoms with Gasteiger partial charge in [-0.3, -0.25) is 9.74 Å². The van der Waals surface area contributed by atoms with E-state index in [1.54, 1.807) is 12.2 Å². The number of hydroxylamine groups is 2. The van der Waals surface area contributed by atoms with Crippen LogP contribution in [-0.4, -0.2) is 53.8 Å². The van der Waals surface area contributed by atoms with E-state index >= 15 is 0 Å². The number of ether oxygens (including phenoxy) is 1. The van der Waals surface area contributed by atoms with Crippen LogP contribution in [0.1, 0.15) is 11.1 Å². The Morgan fingerprint density at radius 3 is 2.54 bits per heavy atom. The molecule has 4 unspecified atom stereocenters. The molecule has 4 rings (SSSR count). The molecule has 0 aliphatic carbocycles. The molecule has 0 saturated carbocycles. The van der Waals surface area contributed by atoms with Crippen molar-refractivity contribution in [3.8, 4) is 5.75 Å². The Bertz CT molecular complexity index is 810. The molecule has 2 heterocycles. The molecule has 5 nitrogen and oxygen atoms in total. The zero-order chi connectivity index (χ0) is 19.5. The highest BCUT2D eigenvalue weighted by molar-refractivity contribution is 6.30. The van der Waals surface area contributed by atoms with Gasteiger partial charge in [0.25, 0.3) is 0 Å². The highest BCUT2D eigenvalue weighted by atomic mass is 35.5. The zero-order valence-electron chi connectivity index (χ0n) is 15.9. The number of aliphatic hydroxyl groups excluding tert-OH is 1. The highest BCUT2D eigenvalue weighted by Gasteiger charge is 2.38. The Labute approximate surface area is 170 Å². The summed E-state index contributed by atoms with van der Waals surface area (Å²) in [5.41, 5.74) is 2.27. The first kappa shape index (κ1) is 19.4. The summed E-state index contributed by atoms with van der Waals surface area (Å²) in [6.07, 6.45) is 4.83. The Morgan fingerprint density at radius 1 is 1.14 bits per heavy atom. The van der Waals surface area contributed by atoms with E-state index < -0.39 is 6.23 Å². The van der Waals surface area contributed by atoms with Gasteiger partial charge in [-0.15, -0.1) is 5.06 Å². The highest BCUT2D eigenvalue weighted by Crippen LogP contribution is 2.27. The molecule has 2 aromatic rings. The summed E-state index contributed by atoms with van der Waals surface area (Å²) in [7, 11) is 1.68. The molecule has 0 amide bonds. The van der Waals surface area contributed by atoms with Gasteiger partial charge in [-0.25, -0.2) is 0 Å². The molecule has 4 atom stereocenters. The van der Waals surface area contributed by atoms with Gasteiger partial charge in [-0.05, 0) is 41.8 Å². The van der Waals surface area contributed by atoms with Gasteiger partial charge >= 0.3 is 0 Å². The lowest BCUT2D eigenvalue weighted by Crippen LogP contribution is -2.61. The molecule has 1 N–H and O–H groups in total. The standard InChI is InChI=1S/C22H25ClN2O3/c1-27-19-10-6-16(7-11-19)13-20-21-3-2-12-24(20)15-25(28-21)22(26)14-17-4-8-18(23)9-5-17/h2-11,20-22,26H,12-15H2,1H3. The van der Waals surface area contributed by atoms with Crippen LogP contribution in [0.15, 0.2) is 60.7 Å². The van der Waals surface area contributed by atoms with Crippen molar-refractivity contribution in [2.75, 3.05) is 20.3 Å². The number of rotatable bonds is 6. The Balaban J connectivity index is 1.41. The fraction of sp³-hybridized carbons (Fsp3) is 0.364. The van der Waals surface area contributed by atoms with Crippen molar-refractivity contribution in [1.29, 1.82) is 0 Å². The molecule has 28 heavy (non-hydrogen) atoms. The molecule has 0 radical (unpaired) electrons. The van der Waals surface area contributed by atoms with Gasteiger partial charge in [0.05, 0.1) is 13.8 Å². The third kappa shape index (κ3) is 4.40. The van der Waals surface area contributed by atoms with Gasteiger partial charge in [0.1, 0.15) is 18.1 Å². The maximum absolute atomic E-state index is 10.7. The normalized spacial score (nSPS) is 25.5. The van der Waals surface area contributed by atoms with Crippen molar-refractivity contribution in [3.05, 3.63) is 76.8 Å². The Kier molecular flexibility index (Phi) is 5.99. The van der Waals surface area contributed by atoms with Crippen molar-refractivity contribution in [2.45, 2.75) is 31.2 Å². The largest absolute Gasteiger partial charge is 0.497 e. The van der Waals surface area contributed by atoms with E-state index in [4.69, 9.17) is 21.2 Å². The monoisotopic (exact) mass is 400 g/mol. The predicted molar refractivity (Wildman–Crippen MR) is 109 cm³/mol. The number of methoxy groups -OCH3 is 1. The third-order valence-corrected chi connectivity index (χ3v) is 5.61. The first-order valence-corrected chi connectivity index (χ1v) is 9.90. The van der Waals surface area contributed by atoms with Crippen LogP contribution in [0, 0.1) is 0 Å². The van der Waals surface area contributed by atoms with Crippen molar-refractivity contribution < 1.29 is 14.7 Å². The van der Waals surface area contributed by atoms with E-state index in [2.05, 4.69) is 29.2 Å². The fourth-order valence-corrected chi connectivity index (χ4v) is 3.91. The van der Waals surface area contributed by atoms with E-state index in [1.807, 2.05) is 36.4 Å². The maximum Gasteiger partial charge on any atom is 0.135 e. The quantitative estimate of drug-likeness (QED) is 0.754. The molecule has 2 bridgehead atoms. The minimum absolute atomic E-state index is 0.0792. The topological polar surface area (TPSA) is 45.2 Å². The van der Waals surface area contributed by atoms with Gasteiger partial charge < -0.3 is 9.84 Å². The lowest BCUT2D eigenvalue weighted by Gasteiger charge is -2.48. The summed E-state index contributed by atoms with van der Waals surface area (Å²) in [6.45, 7) is 1.42. The molecule has 2 aliphatic rings. The number of hydrogen-bond donors (Lipinski definition) is 1. The smallest absolute Gasteiger partial charge is 0.135 e. The summed E-state index contributed by atoms with van der Waals surface area (Å²) in [5, 5.41) is 13.1. The van der Waals surface area contributed by atoms with E-state index in [1.165, 1.54) is 5.56 Å². The van der Waals surface area contributed by atoms with Crippen LogP contribution in [0.5, 0.6) is 5.75 Å². The van der Waals surface area contributed by atoms with Gasteiger partial charge in [0.2, 0.25) is 0 Å². The third-order valence-electron chi connectivity index (χ3n) is 5.36. The van der Waals surface area contributed by atoms with Crippen molar-refractivity contribution >= 4 is 11.6 Å². The molecular weight excluding hydrogens is 376 g/mol. The van der Waals surface area contributed by atoms with E-state index in [0.717, 1.165) is 24.3 Å². The number of benzene rings is 2. The number of hydrogen-bond acceptors (Lipinski definition) is 5. The average Bonchev–Trinajstić information content (AvgIpc) is 2.70. The van der Waals surface area contributed by atoms with E-state index in [0.29, 0.717) is 18.1 Å². The lowest BCUT2D eigenvalue weighted by molar-refractivity contribution is -0.313. The maximum atomic E-state index is 10.7. The fourth-order valence-electron chi connectivity index (χ4n) is 3.78. The van der Waals surface area contributed by atoms with Crippen LogP contribution in [0.3, 0.4) is 0 Å². The number of aliphatic hydroxyl groups is 1. The van der Waals surface area contributed by atoms with Crippen molar-refractivity contribution in [2.24, 2.45) is 0 Å². The van der Waals surface area contributed by atoms with Gasteiger partial charge in [-0.1, -0.05) is 48.0 Å². The zero-order valence-corrected chi connectivity index (χ0v) is 16.6. The lowest BCUT2D eigenvalue weighted by atomic mass is 9.96. The second-order valence-corrected chi connectivity index (χ2v) is 7.70.